The lowest BCUT2D eigenvalue weighted by atomic mass is 10.00. The molecule has 0 heterocycles. The minimum atomic E-state index is -1.33. The first-order valence-electron chi connectivity index (χ1n) is 22.0. The van der Waals surface area contributed by atoms with Crippen LogP contribution in [-0.4, -0.2) is 146 Å². The Hall–Kier alpha value is -5.75. The smallest absolute Gasteiger partial charge is 0.245 e. The molecule has 0 radical (unpaired) electrons. The Bertz CT molecular complexity index is 1700. The van der Waals surface area contributed by atoms with Crippen LogP contribution in [0.25, 0.3) is 0 Å². The van der Waals surface area contributed by atoms with Gasteiger partial charge in [0.2, 0.25) is 53.2 Å². The van der Waals surface area contributed by atoms with E-state index < -0.39 is 102 Å². The van der Waals surface area contributed by atoms with Crippen LogP contribution in [0.1, 0.15) is 78.7 Å². The number of nitrogens with two attached hydrogens (primary N) is 4. The van der Waals surface area contributed by atoms with Crippen LogP contribution in [0.15, 0.2) is 30.3 Å². The van der Waals surface area contributed by atoms with E-state index in [9.17, 15) is 48.3 Å². The predicted octanol–water partition coefficient (Wildman–Crippen LogP) is -4.89. The van der Waals surface area contributed by atoms with Gasteiger partial charge in [-0.1, -0.05) is 51.1 Å². The highest BCUT2D eigenvalue weighted by Crippen LogP contribution is 2.10. The van der Waals surface area contributed by atoms with E-state index in [0.29, 0.717) is 12.0 Å². The standard InChI is InChI=1S/C42H73N13O10/c1-6-11-33(57)50-32(22-46)36(59)48-23-34(58)49-27(14-17-43)37(60)54-31(21-26-12-9-8-10-13-26)41(64)53-30(20-24(3)4)40(63)52-28(15-18-44)38(61)51-29(16-19-45)39(62)55-35(25(5)56)42(65)47-7-2/h8-10,12-13,24-25,27-32,35,56H,6-7,11,14-23,43-46H2,1-5H3,(H,47,65)(H,48,59)(H,49,58)(H,50,57)(H,51,61)(H,52,63)(H,53,64)(H,54,60)(H,55,62)/t25?,27?,28?,29?,30?,31-,32?,35?/m1/s1. The highest BCUT2D eigenvalue weighted by atomic mass is 16.3. The fraction of sp³-hybridized carbons (Fsp3) is 0.643. The van der Waals surface area contributed by atoms with Gasteiger partial charge in [-0.3, -0.25) is 43.2 Å². The highest BCUT2D eigenvalue weighted by molar-refractivity contribution is 5.97. The van der Waals surface area contributed by atoms with E-state index in [1.54, 1.807) is 58.0 Å². The lowest BCUT2D eigenvalue weighted by molar-refractivity contribution is -0.136. The topological polar surface area (TPSA) is 386 Å². The number of hydrogen-bond donors (Lipinski definition) is 14. The van der Waals surface area contributed by atoms with Crippen LogP contribution >= 0.6 is 0 Å². The van der Waals surface area contributed by atoms with E-state index in [1.165, 1.54) is 6.92 Å². The molecule has 1 rings (SSSR count). The molecule has 23 nitrogen and oxygen atoms in total. The van der Waals surface area contributed by atoms with Crippen LogP contribution < -0.4 is 70.8 Å². The van der Waals surface area contributed by atoms with Gasteiger partial charge in [0.15, 0.2) is 0 Å². The van der Waals surface area contributed by atoms with E-state index in [-0.39, 0.29) is 83.1 Å². The van der Waals surface area contributed by atoms with Gasteiger partial charge in [-0.15, -0.1) is 0 Å². The molecule has 8 atom stereocenters. The zero-order chi connectivity index (χ0) is 49.1. The zero-order valence-electron chi connectivity index (χ0n) is 38.2. The molecule has 0 fully saturated rings. The number of aliphatic hydroxyl groups is 1. The second-order valence-electron chi connectivity index (χ2n) is 15.9. The number of carbonyl (C=O) groups excluding carboxylic acids is 9. The first-order valence-corrected chi connectivity index (χ1v) is 22.0. The average Bonchev–Trinajstić information content (AvgIpc) is 3.25. The maximum atomic E-state index is 14.1. The van der Waals surface area contributed by atoms with E-state index in [0.717, 1.165) is 0 Å². The molecule has 1 aromatic rings. The summed E-state index contributed by atoms with van der Waals surface area (Å²) in [5, 5.41) is 33.0. The zero-order valence-corrected chi connectivity index (χ0v) is 38.2. The Labute approximate surface area is 380 Å². The maximum Gasteiger partial charge on any atom is 0.245 e. The summed E-state index contributed by atoms with van der Waals surface area (Å²) in [7, 11) is 0. The van der Waals surface area contributed by atoms with Crippen molar-refractivity contribution in [1.29, 1.82) is 0 Å². The first kappa shape index (κ1) is 57.3. The molecule has 7 unspecified atom stereocenters. The maximum absolute atomic E-state index is 14.1. The molecule has 0 aliphatic rings. The van der Waals surface area contributed by atoms with E-state index in [2.05, 4.69) is 47.9 Å². The third-order valence-corrected chi connectivity index (χ3v) is 9.74. The monoisotopic (exact) mass is 920 g/mol. The Morgan fingerprint density at radius 2 is 1.00 bits per heavy atom. The number of nitrogens with one attached hydrogen (secondary N) is 9. The van der Waals surface area contributed by atoms with Crippen LogP contribution in [0.2, 0.25) is 0 Å². The van der Waals surface area contributed by atoms with Crippen LogP contribution in [0.3, 0.4) is 0 Å². The molecule has 18 N–H and O–H groups in total. The number of benzene rings is 1. The number of rotatable bonds is 31. The molecule has 1 aromatic carbocycles. The molecule has 65 heavy (non-hydrogen) atoms. The largest absolute Gasteiger partial charge is 0.391 e. The lowest BCUT2D eigenvalue weighted by Gasteiger charge is -2.28. The molecule has 23 heteroatoms. The Balaban J connectivity index is 3.29. The van der Waals surface area contributed by atoms with Crippen molar-refractivity contribution in [2.24, 2.45) is 28.9 Å². The molecule has 366 valence electrons. The summed E-state index contributed by atoms with van der Waals surface area (Å²) in [6.45, 7) is 7.65. The number of hydrogen-bond acceptors (Lipinski definition) is 14. The average molecular weight is 920 g/mol. The van der Waals surface area contributed by atoms with Crippen molar-refractivity contribution in [1.82, 2.24) is 47.9 Å². The third-order valence-electron chi connectivity index (χ3n) is 9.74. The van der Waals surface area contributed by atoms with Gasteiger partial charge in [-0.05, 0) is 77.1 Å². The summed E-state index contributed by atoms with van der Waals surface area (Å²) >= 11 is 0. The van der Waals surface area contributed by atoms with Crippen LogP contribution in [-0.2, 0) is 49.6 Å². The Morgan fingerprint density at radius 3 is 1.48 bits per heavy atom. The minimum absolute atomic E-state index is 0.0448. The summed E-state index contributed by atoms with van der Waals surface area (Å²) < 4.78 is 0. The van der Waals surface area contributed by atoms with Crippen molar-refractivity contribution in [3.63, 3.8) is 0 Å². The Morgan fingerprint density at radius 1 is 0.538 bits per heavy atom. The third kappa shape index (κ3) is 21.7. The van der Waals surface area contributed by atoms with Crippen molar-refractivity contribution in [3.05, 3.63) is 35.9 Å². The van der Waals surface area contributed by atoms with Crippen LogP contribution in [0.4, 0.5) is 0 Å². The summed E-state index contributed by atoms with van der Waals surface area (Å²) in [5.74, 6) is -6.61. The lowest BCUT2D eigenvalue weighted by Crippen LogP contribution is -2.61. The van der Waals surface area contributed by atoms with Crippen molar-refractivity contribution in [2.45, 2.75) is 128 Å². The van der Waals surface area contributed by atoms with Crippen molar-refractivity contribution < 1.29 is 48.3 Å². The number of amides is 9. The molecule has 0 saturated heterocycles. The van der Waals surface area contributed by atoms with Gasteiger partial charge in [0.05, 0.1) is 12.6 Å². The summed E-state index contributed by atoms with van der Waals surface area (Å²) in [6, 6.07) is -0.108. The number of likely N-dealkylation sites (N-methyl/N-ethyl adjacent to an activating group) is 1. The number of aliphatic hydroxyl groups excluding tert-OH is 1. The molecule has 0 aliphatic carbocycles. The molecule has 0 saturated carbocycles. The molecule has 0 aliphatic heterocycles. The molecular weight excluding hydrogens is 847 g/mol. The molecule has 0 bridgehead atoms. The minimum Gasteiger partial charge on any atom is -0.391 e. The van der Waals surface area contributed by atoms with Gasteiger partial charge >= 0.3 is 0 Å². The fourth-order valence-electron chi connectivity index (χ4n) is 6.36. The van der Waals surface area contributed by atoms with E-state index in [4.69, 9.17) is 22.9 Å². The SMILES string of the molecule is CCCC(=O)NC(CN)C(=O)NCC(=O)NC(CCN)C(=O)N[C@H](Cc1ccccc1)C(=O)NC(CC(C)C)C(=O)NC(CCN)C(=O)NC(CCN)C(=O)NC(C(=O)NCC)C(C)O. The second-order valence-corrected chi connectivity index (χ2v) is 15.9. The molecule has 0 aromatic heterocycles. The van der Waals surface area contributed by atoms with Crippen molar-refractivity contribution >= 4 is 53.2 Å². The Kier molecular flexibility index (Phi) is 27.5. The molecule has 9 amide bonds. The van der Waals surface area contributed by atoms with E-state index in [1.807, 2.05) is 0 Å². The quantitative estimate of drug-likeness (QED) is 0.0332. The molecule has 0 spiro atoms. The first-order chi connectivity index (χ1) is 30.8. The normalized spacial score (nSPS) is 14.7. The van der Waals surface area contributed by atoms with Gasteiger partial charge in [0.25, 0.3) is 0 Å². The summed E-state index contributed by atoms with van der Waals surface area (Å²) in [6.07, 6.45) is -0.713. The second kappa shape index (κ2) is 31.2. The van der Waals surface area contributed by atoms with Gasteiger partial charge < -0.3 is 75.9 Å². The van der Waals surface area contributed by atoms with Gasteiger partial charge in [-0.2, -0.15) is 0 Å². The molecular formula is C42H73N13O10. The summed E-state index contributed by atoms with van der Waals surface area (Å²) in [5.41, 5.74) is 23.6. The number of carbonyl (C=O) groups is 9. The van der Waals surface area contributed by atoms with Crippen molar-refractivity contribution in [2.75, 3.05) is 39.3 Å². The highest BCUT2D eigenvalue weighted by Gasteiger charge is 2.34. The van der Waals surface area contributed by atoms with Crippen LogP contribution in [0, 0.1) is 5.92 Å². The van der Waals surface area contributed by atoms with Gasteiger partial charge in [-0.25, -0.2) is 0 Å². The van der Waals surface area contributed by atoms with E-state index >= 15 is 0 Å². The predicted molar refractivity (Wildman–Crippen MR) is 241 cm³/mol. The summed E-state index contributed by atoms with van der Waals surface area (Å²) in [4.78, 5) is 119. The van der Waals surface area contributed by atoms with Crippen molar-refractivity contribution in [3.8, 4) is 0 Å². The fourth-order valence-corrected chi connectivity index (χ4v) is 6.36. The van der Waals surface area contributed by atoms with Crippen LogP contribution in [0.5, 0.6) is 0 Å². The van der Waals surface area contributed by atoms with Gasteiger partial charge in [0.1, 0.15) is 42.3 Å². The van der Waals surface area contributed by atoms with Gasteiger partial charge in [0, 0.05) is 25.9 Å².